The molecule has 160 valence electrons. The van der Waals surface area contributed by atoms with Gasteiger partial charge in [0.05, 0.1) is 25.4 Å². The largest absolute Gasteiger partial charge is 0.497 e. The first kappa shape index (κ1) is 23.5. The fourth-order valence-electron chi connectivity index (χ4n) is 3.55. The third-order valence-corrected chi connectivity index (χ3v) is 5.23. The second-order valence-corrected chi connectivity index (χ2v) is 7.09. The smallest absolute Gasteiger partial charge is 0.214 e. The van der Waals surface area contributed by atoms with Crippen LogP contribution < -0.4 is 15.4 Å². The van der Waals surface area contributed by atoms with E-state index in [-0.39, 0.29) is 30.0 Å². The molecule has 1 aliphatic rings. The Morgan fingerprint density at radius 2 is 2.03 bits per heavy atom. The zero-order chi connectivity index (χ0) is 19.9. The molecule has 1 aromatic heterocycles. The molecule has 2 heterocycles. The van der Waals surface area contributed by atoms with Gasteiger partial charge in [0.15, 0.2) is 5.96 Å². The van der Waals surface area contributed by atoms with Gasteiger partial charge in [-0.25, -0.2) is 4.98 Å². The average Bonchev–Trinajstić information content (AvgIpc) is 3.35. The van der Waals surface area contributed by atoms with E-state index in [1.807, 2.05) is 19.9 Å². The number of aromatic nitrogens is 1. The maximum Gasteiger partial charge on any atom is 0.214 e. The zero-order valence-electron chi connectivity index (χ0n) is 17.7. The predicted molar refractivity (Wildman–Crippen MR) is 126 cm³/mol. The number of aryl methyl sites for hydroxylation is 2. The summed E-state index contributed by atoms with van der Waals surface area (Å²) < 4.78 is 11.1. The molecule has 2 aromatic rings. The third-order valence-electron chi connectivity index (χ3n) is 5.23. The van der Waals surface area contributed by atoms with Crippen LogP contribution in [0.1, 0.15) is 41.8 Å². The van der Waals surface area contributed by atoms with Crippen molar-refractivity contribution in [3.05, 3.63) is 47.2 Å². The molecule has 1 aromatic carbocycles. The Bertz CT molecular complexity index is 783. The topological polar surface area (TPSA) is 74.9 Å². The average molecular weight is 513 g/mol. The number of oxazole rings is 1. The molecule has 8 heteroatoms. The molecule has 0 aliphatic carbocycles. The van der Waals surface area contributed by atoms with Crippen molar-refractivity contribution in [2.45, 2.75) is 39.3 Å². The lowest BCUT2D eigenvalue weighted by Crippen LogP contribution is -2.42. The molecule has 7 nitrogen and oxygen atoms in total. The molecule has 2 N–H and O–H groups in total. The number of guanidine groups is 1. The number of nitrogens with one attached hydrogen (secondary N) is 2. The van der Waals surface area contributed by atoms with E-state index in [1.165, 1.54) is 18.4 Å². The third kappa shape index (κ3) is 6.33. The van der Waals surface area contributed by atoms with Crippen LogP contribution in [-0.4, -0.2) is 49.6 Å². The molecule has 3 rings (SSSR count). The molecule has 1 unspecified atom stereocenters. The quantitative estimate of drug-likeness (QED) is 0.336. The molecular weight excluding hydrogens is 481 g/mol. The molecule has 0 saturated carbocycles. The van der Waals surface area contributed by atoms with E-state index in [0.717, 1.165) is 42.8 Å². The lowest BCUT2D eigenvalue weighted by molar-refractivity contribution is 0.245. The van der Waals surface area contributed by atoms with Crippen LogP contribution in [0.5, 0.6) is 5.75 Å². The maximum absolute atomic E-state index is 5.63. The summed E-state index contributed by atoms with van der Waals surface area (Å²) in [6.07, 6.45) is 2.49. The molecular formula is C21H32IN5O2. The Kier molecular flexibility index (Phi) is 9.22. The van der Waals surface area contributed by atoms with Crippen molar-refractivity contribution in [2.75, 3.05) is 33.8 Å². The van der Waals surface area contributed by atoms with Crippen molar-refractivity contribution in [1.82, 2.24) is 20.5 Å². The summed E-state index contributed by atoms with van der Waals surface area (Å²) in [5.74, 6) is 3.15. The molecule has 1 aliphatic heterocycles. The van der Waals surface area contributed by atoms with E-state index in [1.54, 1.807) is 14.2 Å². The Morgan fingerprint density at radius 1 is 1.28 bits per heavy atom. The molecule has 1 saturated heterocycles. The summed E-state index contributed by atoms with van der Waals surface area (Å²) in [5, 5.41) is 6.75. The molecule has 0 spiro atoms. The van der Waals surface area contributed by atoms with Crippen LogP contribution in [0.4, 0.5) is 0 Å². The number of benzene rings is 1. The number of halogens is 1. The molecule has 0 radical (unpaired) electrons. The number of hydrogen-bond acceptors (Lipinski definition) is 5. The number of rotatable bonds is 7. The van der Waals surface area contributed by atoms with Crippen molar-refractivity contribution in [3.8, 4) is 5.75 Å². The van der Waals surface area contributed by atoms with E-state index in [2.05, 4.69) is 43.7 Å². The van der Waals surface area contributed by atoms with Crippen molar-refractivity contribution in [1.29, 1.82) is 0 Å². The molecule has 1 fully saturated rings. The zero-order valence-corrected chi connectivity index (χ0v) is 20.0. The van der Waals surface area contributed by atoms with Gasteiger partial charge < -0.3 is 19.8 Å². The van der Waals surface area contributed by atoms with E-state index in [4.69, 9.17) is 9.15 Å². The molecule has 0 bridgehead atoms. The van der Waals surface area contributed by atoms with Crippen LogP contribution in [0.3, 0.4) is 0 Å². The van der Waals surface area contributed by atoms with E-state index < -0.39 is 0 Å². The minimum Gasteiger partial charge on any atom is -0.497 e. The highest BCUT2D eigenvalue weighted by Gasteiger charge is 2.24. The Morgan fingerprint density at radius 3 is 2.66 bits per heavy atom. The number of ether oxygens (including phenoxy) is 1. The van der Waals surface area contributed by atoms with Crippen LogP contribution in [0.15, 0.2) is 33.7 Å². The SMILES string of the molecule is CN=C(NCc1nc(C)c(C)o1)NCC(c1cccc(OC)c1)N1CCCC1.I. The highest BCUT2D eigenvalue weighted by atomic mass is 127. The van der Waals surface area contributed by atoms with Crippen molar-refractivity contribution in [2.24, 2.45) is 4.99 Å². The van der Waals surface area contributed by atoms with Gasteiger partial charge in [0.25, 0.3) is 0 Å². The highest BCUT2D eigenvalue weighted by Crippen LogP contribution is 2.27. The fourth-order valence-corrected chi connectivity index (χ4v) is 3.55. The number of methoxy groups -OCH3 is 1. The summed E-state index contributed by atoms with van der Waals surface area (Å²) in [6.45, 7) is 7.37. The van der Waals surface area contributed by atoms with Gasteiger partial charge in [0.2, 0.25) is 5.89 Å². The van der Waals surface area contributed by atoms with Gasteiger partial charge in [-0.1, -0.05) is 12.1 Å². The first-order valence-electron chi connectivity index (χ1n) is 9.86. The van der Waals surface area contributed by atoms with Crippen LogP contribution in [-0.2, 0) is 6.54 Å². The van der Waals surface area contributed by atoms with Gasteiger partial charge in [-0.05, 0) is 57.5 Å². The van der Waals surface area contributed by atoms with Crippen molar-refractivity contribution >= 4 is 29.9 Å². The second-order valence-electron chi connectivity index (χ2n) is 7.09. The minimum atomic E-state index is 0. The van der Waals surface area contributed by atoms with Crippen molar-refractivity contribution < 1.29 is 9.15 Å². The van der Waals surface area contributed by atoms with E-state index in [0.29, 0.717) is 12.4 Å². The Balaban J connectivity index is 0.00000300. The summed E-state index contributed by atoms with van der Waals surface area (Å²) >= 11 is 0. The number of hydrogen-bond donors (Lipinski definition) is 2. The molecule has 1 atom stereocenters. The number of likely N-dealkylation sites (tertiary alicyclic amines) is 1. The highest BCUT2D eigenvalue weighted by molar-refractivity contribution is 14.0. The summed E-state index contributed by atoms with van der Waals surface area (Å²) in [4.78, 5) is 11.3. The molecule has 29 heavy (non-hydrogen) atoms. The van der Waals surface area contributed by atoms with Crippen molar-refractivity contribution in [3.63, 3.8) is 0 Å². The normalized spacial score (nSPS) is 15.7. The number of aliphatic imine (C=N–C) groups is 1. The van der Waals surface area contributed by atoms with Gasteiger partial charge in [0.1, 0.15) is 11.5 Å². The number of nitrogens with zero attached hydrogens (tertiary/aromatic N) is 3. The van der Waals surface area contributed by atoms with Gasteiger partial charge in [-0.2, -0.15) is 0 Å². The predicted octanol–water partition coefficient (Wildman–Crippen LogP) is 3.42. The summed E-state index contributed by atoms with van der Waals surface area (Å²) in [6, 6.07) is 8.60. The van der Waals surface area contributed by atoms with Gasteiger partial charge in [0, 0.05) is 13.6 Å². The first-order valence-corrected chi connectivity index (χ1v) is 9.86. The van der Waals surface area contributed by atoms with E-state index in [9.17, 15) is 0 Å². The molecule has 0 amide bonds. The fraction of sp³-hybridized carbons (Fsp3) is 0.524. The van der Waals surface area contributed by atoms with Crippen LogP contribution in [0.25, 0.3) is 0 Å². The Hall–Kier alpha value is -1.81. The van der Waals surface area contributed by atoms with Gasteiger partial charge in [-0.15, -0.1) is 24.0 Å². The lowest BCUT2D eigenvalue weighted by atomic mass is 10.1. The lowest BCUT2D eigenvalue weighted by Gasteiger charge is -2.29. The minimum absolute atomic E-state index is 0. The first-order chi connectivity index (χ1) is 13.6. The van der Waals surface area contributed by atoms with Gasteiger partial charge in [-0.3, -0.25) is 9.89 Å². The monoisotopic (exact) mass is 513 g/mol. The van der Waals surface area contributed by atoms with Gasteiger partial charge >= 0.3 is 0 Å². The van der Waals surface area contributed by atoms with Crippen LogP contribution in [0, 0.1) is 13.8 Å². The van der Waals surface area contributed by atoms with Crippen LogP contribution in [0.2, 0.25) is 0 Å². The second kappa shape index (κ2) is 11.4. The van der Waals surface area contributed by atoms with Crippen LogP contribution >= 0.6 is 24.0 Å². The van der Waals surface area contributed by atoms with E-state index >= 15 is 0 Å². The summed E-state index contributed by atoms with van der Waals surface area (Å²) in [7, 11) is 3.48. The maximum atomic E-state index is 5.63. The Labute approximate surface area is 190 Å². The summed E-state index contributed by atoms with van der Waals surface area (Å²) in [5.41, 5.74) is 2.18. The standard InChI is InChI=1S/C21H31N5O2.HI/c1-15-16(2)28-20(25-15)14-24-21(22-3)23-13-19(26-10-5-6-11-26)17-8-7-9-18(12-17)27-4;/h7-9,12,19H,5-6,10-11,13-14H2,1-4H3,(H2,22,23,24);1H.